The molecular formula is C6H10N2S. The third kappa shape index (κ3) is 1.30. The van der Waals surface area contributed by atoms with Crippen LogP contribution in [0, 0.1) is 6.92 Å². The van der Waals surface area contributed by atoms with Gasteiger partial charge in [0.25, 0.3) is 0 Å². The lowest BCUT2D eigenvalue weighted by Gasteiger charge is -2.01. The molecule has 1 rings (SSSR count). The Bertz CT molecular complexity index is 193. The Morgan fingerprint density at radius 1 is 1.56 bits per heavy atom. The minimum atomic E-state index is -0.301. The number of rotatable bonds is 1. The van der Waals surface area contributed by atoms with E-state index in [-0.39, 0.29) is 6.17 Å². The highest BCUT2D eigenvalue weighted by atomic mass is 32.1. The summed E-state index contributed by atoms with van der Waals surface area (Å²) in [4.78, 5) is 1.08. The van der Waals surface area contributed by atoms with Gasteiger partial charge in [-0.15, -0.1) is 11.3 Å². The molecule has 1 aromatic rings. The highest BCUT2D eigenvalue weighted by Crippen LogP contribution is 2.18. The number of nitrogens with two attached hydrogens (primary N) is 2. The summed E-state index contributed by atoms with van der Waals surface area (Å²) < 4.78 is 0. The van der Waals surface area contributed by atoms with Crippen molar-refractivity contribution >= 4 is 11.3 Å². The van der Waals surface area contributed by atoms with Crippen molar-refractivity contribution in [2.45, 2.75) is 13.1 Å². The molecule has 0 bridgehead atoms. The van der Waals surface area contributed by atoms with Crippen LogP contribution in [0.3, 0.4) is 0 Å². The van der Waals surface area contributed by atoms with Gasteiger partial charge in [-0.3, -0.25) is 0 Å². The van der Waals surface area contributed by atoms with Crippen molar-refractivity contribution in [3.8, 4) is 0 Å². The van der Waals surface area contributed by atoms with E-state index in [1.54, 1.807) is 11.3 Å². The van der Waals surface area contributed by atoms with Gasteiger partial charge in [-0.25, -0.2) is 0 Å². The highest BCUT2D eigenvalue weighted by Gasteiger charge is 2.02. The lowest BCUT2D eigenvalue weighted by atomic mass is 10.2. The second-order valence-electron chi connectivity index (χ2n) is 1.99. The summed E-state index contributed by atoms with van der Waals surface area (Å²) in [6, 6.07) is 2.02. The van der Waals surface area contributed by atoms with Crippen LogP contribution in [0.15, 0.2) is 11.4 Å². The molecule has 0 aromatic carbocycles. The van der Waals surface area contributed by atoms with Crippen LogP contribution in [0.5, 0.6) is 0 Å². The molecule has 1 aromatic heterocycles. The monoisotopic (exact) mass is 142 g/mol. The zero-order chi connectivity index (χ0) is 6.85. The first-order valence-corrected chi connectivity index (χ1v) is 3.65. The fourth-order valence-corrected chi connectivity index (χ4v) is 1.56. The third-order valence-corrected chi connectivity index (χ3v) is 2.32. The SMILES string of the molecule is Cc1ccsc1C(N)N. The van der Waals surface area contributed by atoms with Gasteiger partial charge in [0.1, 0.15) is 0 Å². The van der Waals surface area contributed by atoms with Crippen LogP contribution in [0.25, 0.3) is 0 Å². The summed E-state index contributed by atoms with van der Waals surface area (Å²) >= 11 is 1.61. The second-order valence-corrected chi connectivity index (χ2v) is 2.94. The second kappa shape index (κ2) is 2.47. The van der Waals surface area contributed by atoms with E-state index < -0.39 is 0 Å². The zero-order valence-electron chi connectivity index (χ0n) is 5.29. The molecule has 2 nitrogen and oxygen atoms in total. The van der Waals surface area contributed by atoms with Gasteiger partial charge in [-0.05, 0) is 23.9 Å². The molecule has 9 heavy (non-hydrogen) atoms. The van der Waals surface area contributed by atoms with Crippen molar-refractivity contribution in [3.05, 3.63) is 21.9 Å². The van der Waals surface area contributed by atoms with E-state index in [4.69, 9.17) is 11.5 Å². The molecule has 0 saturated carbocycles. The van der Waals surface area contributed by atoms with Gasteiger partial charge in [0.05, 0.1) is 6.17 Å². The quantitative estimate of drug-likeness (QED) is 0.574. The molecular weight excluding hydrogens is 132 g/mol. The number of hydrogen-bond acceptors (Lipinski definition) is 3. The van der Waals surface area contributed by atoms with E-state index in [0.717, 1.165) is 4.88 Å². The molecule has 3 heteroatoms. The Labute approximate surface area is 58.5 Å². The number of thiophene rings is 1. The molecule has 0 aliphatic rings. The average molecular weight is 142 g/mol. The van der Waals surface area contributed by atoms with Gasteiger partial charge < -0.3 is 11.5 Å². The van der Waals surface area contributed by atoms with Gasteiger partial charge >= 0.3 is 0 Å². The van der Waals surface area contributed by atoms with Crippen molar-refractivity contribution in [3.63, 3.8) is 0 Å². The first-order valence-electron chi connectivity index (χ1n) is 2.77. The Balaban J connectivity index is 2.94. The molecule has 0 unspecified atom stereocenters. The van der Waals surface area contributed by atoms with Crippen LogP contribution in [-0.2, 0) is 0 Å². The van der Waals surface area contributed by atoms with E-state index in [1.807, 2.05) is 18.4 Å². The Hall–Kier alpha value is -0.380. The van der Waals surface area contributed by atoms with E-state index in [2.05, 4.69) is 0 Å². The van der Waals surface area contributed by atoms with E-state index in [0.29, 0.717) is 0 Å². The topological polar surface area (TPSA) is 52.0 Å². The molecule has 0 aliphatic carbocycles. The maximum Gasteiger partial charge on any atom is 0.0882 e. The number of hydrogen-bond donors (Lipinski definition) is 2. The van der Waals surface area contributed by atoms with Crippen LogP contribution >= 0.6 is 11.3 Å². The summed E-state index contributed by atoms with van der Waals surface area (Å²) in [5.41, 5.74) is 12.1. The van der Waals surface area contributed by atoms with Crippen molar-refractivity contribution in [1.82, 2.24) is 0 Å². The fraction of sp³-hybridized carbons (Fsp3) is 0.333. The standard InChI is InChI=1S/C6H10N2S/c1-4-2-3-9-5(4)6(7)8/h2-3,6H,7-8H2,1H3. The lowest BCUT2D eigenvalue weighted by molar-refractivity contribution is 0.786. The van der Waals surface area contributed by atoms with Crippen molar-refractivity contribution < 1.29 is 0 Å². The summed E-state index contributed by atoms with van der Waals surface area (Å²) in [6.45, 7) is 2.01. The first-order chi connectivity index (χ1) is 4.22. The maximum atomic E-state index is 5.45. The van der Waals surface area contributed by atoms with E-state index in [1.165, 1.54) is 5.56 Å². The zero-order valence-corrected chi connectivity index (χ0v) is 6.11. The Morgan fingerprint density at radius 3 is 2.44 bits per heavy atom. The minimum absolute atomic E-state index is 0.301. The number of aryl methyl sites for hydroxylation is 1. The summed E-state index contributed by atoms with van der Waals surface area (Å²) in [5, 5.41) is 2.00. The average Bonchev–Trinajstić information content (AvgIpc) is 2.13. The van der Waals surface area contributed by atoms with Gasteiger partial charge in [-0.1, -0.05) is 0 Å². The van der Waals surface area contributed by atoms with Crippen LogP contribution in [0.4, 0.5) is 0 Å². The molecule has 4 N–H and O–H groups in total. The summed E-state index contributed by atoms with van der Waals surface area (Å²) in [5.74, 6) is 0. The van der Waals surface area contributed by atoms with E-state index in [9.17, 15) is 0 Å². The van der Waals surface area contributed by atoms with Crippen LogP contribution in [0.2, 0.25) is 0 Å². The Kier molecular flexibility index (Phi) is 1.85. The summed E-state index contributed by atoms with van der Waals surface area (Å²) in [7, 11) is 0. The third-order valence-electron chi connectivity index (χ3n) is 1.20. The first kappa shape index (κ1) is 6.74. The Morgan fingerprint density at radius 2 is 2.22 bits per heavy atom. The minimum Gasteiger partial charge on any atom is -0.312 e. The van der Waals surface area contributed by atoms with E-state index >= 15 is 0 Å². The normalized spacial score (nSPS) is 10.7. The predicted molar refractivity (Wildman–Crippen MR) is 40.2 cm³/mol. The maximum absolute atomic E-state index is 5.45. The molecule has 0 atom stereocenters. The highest BCUT2D eigenvalue weighted by molar-refractivity contribution is 7.10. The molecule has 0 radical (unpaired) electrons. The van der Waals surface area contributed by atoms with Crippen LogP contribution in [0.1, 0.15) is 16.6 Å². The van der Waals surface area contributed by atoms with Crippen LogP contribution in [-0.4, -0.2) is 0 Å². The largest absolute Gasteiger partial charge is 0.312 e. The van der Waals surface area contributed by atoms with Crippen molar-refractivity contribution in [2.75, 3.05) is 0 Å². The molecule has 0 amide bonds. The fourth-order valence-electron chi connectivity index (χ4n) is 0.726. The van der Waals surface area contributed by atoms with Gasteiger partial charge in [0, 0.05) is 4.88 Å². The van der Waals surface area contributed by atoms with Gasteiger partial charge in [-0.2, -0.15) is 0 Å². The lowest BCUT2D eigenvalue weighted by Crippen LogP contribution is -2.19. The van der Waals surface area contributed by atoms with Crippen molar-refractivity contribution in [1.29, 1.82) is 0 Å². The van der Waals surface area contributed by atoms with Crippen molar-refractivity contribution in [2.24, 2.45) is 11.5 Å². The van der Waals surface area contributed by atoms with Crippen LogP contribution < -0.4 is 11.5 Å². The van der Waals surface area contributed by atoms with Gasteiger partial charge in [0.2, 0.25) is 0 Å². The summed E-state index contributed by atoms with van der Waals surface area (Å²) in [6.07, 6.45) is -0.301. The van der Waals surface area contributed by atoms with Gasteiger partial charge in [0.15, 0.2) is 0 Å². The molecule has 0 aliphatic heterocycles. The smallest absolute Gasteiger partial charge is 0.0882 e. The molecule has 50 valence electrons. The molecule has 0 saturated heterocycles. The molecule has 1 heterocycles. The predicted octanol–water partition coefficient (Wildman–Crippen LogP) is 0.973. The molecule has 0 fully saturated rings. The molecule has 0 spiro atoms.